The molecule has 0 aliphatic carbocycles. The Labute approximate surface area is 211 Å². The Morgan fingerprint density at radius 2 is 1.95 bits per heavy atom. The van der Waals surface area contributed by atoms with Crippen molar-refractivity contribution in [3.8, 4) is 11.4 Å². The SMILES string of the molecule is CC1(C)Cc2cc(NC(=O)c3ccn(-c4ccnc(NCC(F)(F)F)c4)n3)c(N3CCOCC3)cc2O1. The molecule has 1 saturated heterocycles. The lowest BCUT2D eigenvalue weighted by Gasteiger charge is -2.31. The van der Waals surface area contributed by atoms with Crippen molar-refractivity contribution in [1.82, 2.24) is 14.8 Å². The Balaban J connectivity index is 1.36. The van der Waals surface area contributed by atoms with Crippen molar-refractivity contribution in [3.05, 3.63) is 54.0 Å². The zero-order chi connectivity index (χ0) is 26.2. The van der Waals surface area contributed by atoms with E-state index in [0.717, 1.165) is 23.4 Å². The summed E-state index contributed by atoms with van der Waals surface area (Å²) in [5, 5.41) is 9.56. The number of nitrogens with zero attached hydrogens (tertiary/aromatic N) is 4. The Morgan fingerprint density at radius 3 is 2.70 bits per heavy atom. The van der Waals surface area contributed by atoms with Gasteiger partial charge in [0.2, 0.25) is 0 Å². The Bertz CT molecular complexity index is 1300. The minimum absolute atomic E-state index is 0.0507. The van der Waals surface area contributed by atoms with Crippen LogP contribution in [0.4, 0.5) is 30.4 Å². The fraction of sp³-hybridized carbons (Fsp3) is 0.400. The molecule has 2 aliphatic rings. The van der Waals surface area contributed by atoms with E-state index in [-0.39, 0.29) is 17.1 Å². The van der Waals surface area contributed by atoms with E-state index >= 15 is 0 Å². The molecular weight excluding hydrogens is 489 g/mol. The number of hydrogen-bond acceptors (Lipinski definition) is 7. The normalized spacial score (nSPS) is 16.7. The second-order valence-corrected chi connectivity index (χ2v) is 9.58. The van der Waals surface area contributed by atoms with Crippen LogP contribution in [0.15, 0.2) is 42.7 Å². The molecule has 3 aromatic rings. The Morgan fingerprint density at radius 1 is 1.16 bits per heavy atom. The van der Waals surface area contributed by atoms with Crippen LogP contribution in [0.2, 0.25) is 0 Å². The number of anilines is 3. The predicted molar refractivity (Wildman–Crippen MR) is 132 cm³/mol. The van der Waals surface area contributed by atoms with E-state index in [2.05, 4.69) is 25.6 Å². The van der Waals surface area contributed by atoms with Gasteiger partial charge < -0.3 is 25.0 Å². The maximum Gasteiger partial charge on any atom is 0.405 e. The van der Waals surface area contributed by atoms with E-state index in [0.29, 0.717) is 37.7 Å². The number of nitrogens with one attached hydrogen (secondary N) is 2. The monoisotopic (exact) mass is 516 g/mol. The highest BCUT2D eigenvalue weighted by Gasteiger charge is 2.32. The van der Waals surface area contributed by atoms with Crippen molar-refractivity contribution in [1.29, 1.82) is 0 Å². The van der Waals surface area contributed by atoms with Crippen molar-refractivity contribution in [2.45, 2.75) is 32.0 Å². The lowest BCUT2D eigenvalue weighted by Crippen LogP contribution is -2.36. The minimum atomic E-state index is -4.37. The number of aromatic nitrogens is 3. The molecule has 1 fully saturated rings. The van der Waals surface area contributed by atoms with Crippen molar-refractivity contribution < 1.29 is 27.4 Å². The highest BCUT2D eigenvalue weighted by atomic mass is 19.4. The largest absolute Gasteiger partial charge is 0.487 e. The van der Waals surface area contributed by atoms with Crippen molar-refractivity contribution in [2.75, 3.05) is 48.4 Å². The number of carbonyl (C=O) groups is 1. The van der Waals surface area contributed by atoms with Crippen LogP contribution in [0, 0.1) is 0 Å². The van der Waals surface area contributed by atoms with Crippen LogP contribution in [-0.4, -0.2) is 65.3 Å². The number of alkyl halides is 3. The van der Waals surface area contributed by atoms with Gasteiger partial charge >= 0.3 is 6.18 Å². The van der Waals surface area contributed by atoms with Gasteiger partial charge in [-0.2, -0.15) is 18.3 Å². The van der Waals surface area contributed by atoms with Crippen LogP contribution in [0.5, 0.6) is 5.75 Å². The number of pyridine rings is 1. The molecular formula is C25H27F3N6O3. The maximum absolute atomic E-state index is 13.2. The third-order valence-electron chi connectivity index (χ3n) is 6.08. The molecule has 37 heavy (non-hydrogen) atoms. The van der Waals surface area contributed by atoms with Crippen molar-refractivity contribution >= 4 is 23.1 Å². The average Bonchev–Trinajstić information content (AvgIpc) is 3.46. The third kappa shape index (κ3) is 5.79. The molecule has 1 aromatic carbocycles. The number of fused-ring (bicyclic) bond motifs is 1. The first kappa shape index (κ1) is 24.9. The number of hydrogen-bond donors (Lipinski definition) is 2. The Kier molecular flexibility index (Phi) is 6.44. The first-order valence-corrected chi connectivity index (χ1v) is 11.9. The van der Waals surface area contributed by atoms with Gasteiger partial charge in [0, 0.05) is 49.6 Å². The van der Waals surface area contributed by atoms with Crippen LogP contribution < -0.4 is 20.3 Å². The predicted octanol–water partition coefficient (Wildman–Crippen LogP) is 4.04. The van der Waals surface area contributed by atoms with Gasteiger partial charge in [-0.3, -0.25) is 4.79 Å². The molecule has 0 bridgehead atoms. The molecule has 2 aromatic heterocycles. The van der Waals surface area contributed by atoms with Crippen LogP contribution in [-0.2, 0) is 11.2 Å². The summed E-state index contributed by atoms with van der Waals surface area (Å²) in [5.41, 5.74) is 2.81. The zero-order valence-corrected chi connectivity index (χ0v) is 20.4. The van der Waals surface area contributed by atoms with E-state index in [1.54, 1.807) is 18.3 Å². The van der Waals surface area contributed by atoms with Crippen LogP contribution >= 0.6 is 0 Å². The first-order valence-electron chi connectivity index (χ1n) is 11.9. The molecule has 0 spiro atoms. The summed E-state index contributed by atoms with van der Waals surface area (Å²) in [7, 11) is 0. The minimum Gasteiger partial charge on any atom is -0.487 e. The molecule has 5 rings (SSSR count). The summed E-state index contributed by atoms with van der Waals surface area (Å²) in [6.45, 7) is 5.40. The van der Waals surface area contributed by atoms with Gasteiger partial charge in [0.1, 0.15) is 23.7 Å². The van der Waals surface area contributed by atoms with Gasteiger partial charge in [0.05, 0.1) is 30.3 Å². The second-order valence-electron chi connectivity index (χ2n) is 9.58. The van der Waals surface area contributed by atoms with Gasteiger partial charge in [-0.1, -0.05) is 0 Å². The summed E-state index contributed by atoms with van der Waals surface area (Å²) < 4.78 is 50.6. The van der Waals surface area contributed by atoms with Crippen molar-refractivity contribution in [3.63, 3.8) is 0 Å². The number of ether oxygens (including phenoxy) is 2. The average molecular weight is 517 g/mol. The molecule has 2 aliphatic heterocycles. The Hall–Kier alpha value is -3.80. The van der Waals surface area contributed by atoms with Gasteiger partial charge in [-0.25, -0.2) is 9.67 Å². The quantitative estimate of drug-likeness (QED) is 0.511. The molecule has 4 heterocycles. The maximum atomic E-state index is 13.2. The fourth-order valence-electron chi connectivity index (χ4n) is 4.43. The van der Waals surface area contributed by atoms with E-state index in [1.807, 2.05) is 26.0 Å². The van der Waals surface area contributed by atoms with Gasteiger partial charge in [0.15, 0.2) is 5.69 Å². The smallest absolute Gasteiger partial charge is 0.405 e. The highest BCUT2D eigenvalue weighted by Crippen LogP contribution is 2.42. The van der Waals surface area contributed by atoms with Gasteiger partial charge in [-0.05, 0) is 32.0 Å². The topological polar surface area (TPSA) is 93.5 Å². The molecule has 12 heteroatoms. The standard InChI is InChI=1S/C25H27F3N6O3/c1-24(2)14-16-11-19(20(13-21(16)37-24)33-7-9-36-10-8-33)31-23(35)18-4-6-34(32-18)17-3-5-29-22(12-17)30-15-25(26,27)28/h3-6,11-13H,7-10,14-15H2,1-2H3,(H,29,30)(H,31,35). The molecule has 2 N–H and O–H groups in total. The van der Waals surface area contributed by atoms with Crippen LogP contribution in [0.25, 0.3) is 5.69 Å². The molecule has 196 valence electrons. The number of halogens is 3. The summed E-state index contributed by atoms with van der Waals surface area (Å²) >= 11 is 0. The van der Waals surface area contributed by atoms with E-state index in [9.17, 15) is 18.0 Å². The molecule has 1 amide bonds. The van der Waals surface area contributed by atoms with E-state index in [1.165, 1.54) is 16.9 Å². The molecule has 0 saturated carbocycles. The molecule has 0 atom stereocenters. The first-order chi connectivity index (χ1) is 17.6. The molecule has 9 nitrogen and oxygen atoms in total. The zero-order valence-electron chi connectivity index (χ0n) is 20.4. The molecule has 0 radical (unpaired) electrons. The second kappa shape index (κ2) is 9.58. The van der Waals surface area contributed by atoms with Gasteiger partial charge in [0.25, 0.3) is 5.91 Å². The number of benzene rings is 1. The summed E-state index contributed by atoms with van der Waals surface area (Å²) in [6, 6.07) is 8.49. The van der Waals surface area contributed by atoms with Crippen LogP contribution in [0.3, 0.4) is 0 Å². The number of morpholine rings is 1. The lowest BCUT2D eigenvalue weighted by molar-refractivity contribution is -0.115. The third-order valence-corrected chi connectivity index (χ3v) is 6.08. The highest BCUT2D eigenvalue weighted by molar-refractivity contribution is 6.05. The fourth-order valence-corrected chi connectivity index (χ4v) is 4.43. The van der Waals surface area contributed by atoms with Crippen LogP contribution in [0.1, 0.15) is 29.9 Å². The van der Waals surface area contributed by atoms with E-state index in [4.69, 9.17) is 9.47 Å². The van der Waals surface area contributed by atoms with E-state index < -0.39 is 18.6 Å². The number of rotatable bonds is 6. The number of amides is 1. The summed E-state index contributed by atoms with van der Waals surface area (Å²) in [6.07, 6.45) is -0.706. The van der Waals surface area contributed by atoms with Gasteiger partial charge in [-0.15, -0.1) is 0 Å². The lowest BCUT2D eigenvalue weighted by atomic mass is 10.0. The summed E-state index contributed by atoms with van der Waals surface area (Å²) in [4.78, 5) is 19.2. The van der Waals surface area contributed by atoms with Crippen molar-refractivity contribution in [2.24, 2.45) is 0 Å². The summed E-state index contributed by atoms with van der Waals surface area (Å²) in [5.74, 6) is 0.451. The molecule has 0 unspecified atom stereocenters. The number of carbonyl (C=O) groups excluding carboxylic acids is 1.